The number of halogens is 1. The van der Waals surface area contributed by atoms with Crippen molar-refractivity contribution in [2.75, 3.05) is 11.9 Å². The van der Waals surface area contributed by atoms with Gasteiger partial charge in [0.25, 0.3) is 0 Å². The van der Waals surface area contributed by atoms with Gasteiger partial charge in [0.2, 0.25) is 0 Å². The summed E-state index contributed by atoms with van der Waals surface area (Å²) in [5, 5.41) is 3.59. The molecule has 1 aromatic carbocycles. The van der Waals surface area contributed by atoms with Gasteiger partial charge in [-0.25, -0.2) is 0 Å². The molecule has 0 unspecified atom stereocenters. The fourth-order valence-electron chi connectivity index (χ4n) is 2.35. The van der Waals surface area contributed by atoms with Crippen LogP contribution >= 0.6 is 15.9 Å². The summed E-state index contributed by atoms with van der Waals surface area (Å²) in [6.45, 7) is 7.55. The van der Waals surface area contributed by atoms with Gasteiger partial charge < -0.3 is 10.2 Å². The maximum Gasteiger partial charge on any atom is 0.0423 e. The molecule has 1 aliphatic rings. The van der Waals surface area contributed by atoms with Gasteiger partial charge in [-0.15, -0.1) is 0 Å². The summed E-state index contributed by atoms with van der Waals surface area (Å²) in [4.78, 5) is 2.45. The summed E-state index contributed by atoms with van der Waals surface area (Å²) in [5.74, 6) is 0. The van der Waals surface area contributed by atoms with E-state index in [4.69, 9.17) is 0 Å². The first-order valence-electron chi connectivity index (χ1n) is 7.13. The van der Waals surface area contributed by atoms with E-state index >= 15 is 0 Å². The van der Waals surface area contributed by atoms with Gasteiger partial charge in [0, 0.05) is 35.3 Å². The molecule has 0 radical (unpaired) electrons. The van der Waals surface area contributed by atoms with Crippen LogP contribution in [0.15, 0.2) is 22.7 Å². The lowest BCUT2D eigenvalue weighted by Gasteiger charge is -2.38. The summed E-state index contributed by atoms with van der Waals surface area (Å²) in [7, 11) is 2.23. The average Bonchev–Trinajstić information content (AvgIpc) is 2.23. The van der Waals surface area contributed by atoms with Crippen LogP contribution < -0.4 is 10.2 Å². The molecule has 19 heavy (non-hydrogen) atoms. The summed E-state index contributed by atoms with van der Waals surface area (Å²) in [6.07, 6.45) is 4.03. The molecule has 0 saturated heterocycles. The Morgan fingerprint density at radius 3 is 2.53 bits per heavy atom. The predicted octanol–water partition coefficient (Wildman–Crippen LogP) is 4.33. The van der Waals surface area contributed by atoms with E-state index in [2.05, 4.69) is 72.2 Å². The lowest BCUT2D eigenvalue weighted by Crippen LogP contribution is -2.39. The highest BCUT2D eigenvalue weighted by molar-refractivity contribution is 9.10. The minimum Gasteiger partial charge on any atom is -0.371 e. The number of anilines is 1. The maximum atomic E-state index is 3.60. The first-order valence-corrected chi connectivity index (χ1v) is 7.92. The van der Waals surface area contributed by atoms with Crippen LogP contribution in [-0.2, 0) is 6.54 Å². The van der Waals surface area contributed by atoms with Crippen molar-refractivity contribution in [2.24, 2.45) is 0 Å². The highest BCUT2D eigenvalue weighted by Gasteiger charge is 2.24. The molecule has 0 aromatic heterocycles. The predicted molar refractivity (Wildman–Crippen MR) is 86.8 cm³/mol. The molecule has 1 saturated carbocycles. The minimum atomic E-state index is 0.152. The minimum absolute atomic E-state index is 0.152. The average molecular weight is 325 g/mol. The van der Waals surface area contributed by atoms with Gasteiger partial charge in [-0.2, -0.15) is 0 Å². The van der Waals surface area contributed by atoms with E-state index < -0.39 is 0 Å². The molecule has 0 atom stereocenters. The molecule has 2 rings (SSSR count). The molecule has 1 aromatic rings. The first-order chi connectivity index (χ1) is 8.87. The van der Waals surface area contributed by atoms with Crippen LogP contribution in [0.1, 0.15) is 45.6 Å². The van der Waals surface area contributed by atoms with Crippen LogP contribution in [0, 0.1) is 0 Å². The zero-order valence-electron chi connectivity index (χ0n) is 12.5. The molecule has 0 spiro atoms. The Morgan fingerprint density at radius 2 is 2.00 bits per heavy atom. The molecule has 3 heteroatoms. The van der Waals surface area contributed by atoms with Crippen LogP contribution in [0.25, 0.3) is 0 Å². The Kier molecular flexibility index (Phi) is 4.57. The highest BCUT2D eigenvalue weighted by Crippen LogP contribution is 2.32. The Labute approximate surface area is 125 Å². The molecule has 1 N–H and O–H groups in total. The Balaban J connectivity index is 2.17. The fraction of sp³-hybridized carbons (Fsp3) is 0.625. The van der Waals surface area contributed by atoms with Crippen LogP contribution in [0.5, 0.6) is 0 Å². The van der Waals surface area contributed by atoms with Gasteiger partial charge in [0.05, 0.1) is 0 Å². The quantitative estimate of drug-likeness (QED) is 0.886. The first kappa shape index (κ1) is 14.9. The van der Waals surface area contributed by atoms with Crippen molar-refractivity contribution in [3.63, 3.8) is 0 Å². The molecule has 0 bridgehead atoms. The SMILES string of the molecule is CN(c1cc(Br)ccc1CNC(C)(C)C)C1CCC1. The van der Waals surface area contributed by atoms with Crippen molar-refractivity contribution in [1.29, 1.82) is 0 Å². The standard InChI is InChI=1S/C16H25BrN2/c1-16(2,3)18-11-12-8-9-13(17)10-15(12)19(4)14-6-5-7-14/h8-10,14,18H,5-7,11H2,1-4H3. The number of rotatable bonds is 4. The second-order valence-electron chi connectivity index (χ2n) is 6.57. The van der Waals surface area contributed by atoms with E-state index in [1.165, 1.54) is 30.5 Å². The number of nitrogens with one attached hydrogen (secondary N) is 1. The summed E-state index contributed by atoms with van der Waals surface area (Å²) in [6, 6.07) is 7.34. The van der Waals surface area contributed by atoms with Gasteiger partial charge in [-0.05, 0) is 57.7 Å². The van der Waals surface area contributed by atoms with Gasteiger partial charge in [-0.1, -0.05) is 22.0 Å². The van der Waals surface area contributed by atoms with Crippen LogP contribution in [0.4, 0.5) is 5.69 Å². The summed E-state index contributed by atoms with van der Waals surface area (Å²) in [5.41, 5.74) is 2.89. The van der Waals surface area contributed by atoms with Crippen molar-refractivity contribution in [1.82, 2.24) is 5.32 Å². The molecule has 1 aliphatic carbocycles. The zero-order chi connectivity index (χ0) is 14.0. The topological polar surface area (TPSA) is 15.3 Å². The van der Waals surface area contributed by atoms with Crippen molar-refractivity contribution >= 4 is 21.6 Å². The smallest absolute Gasteiger partial charge is 0.0423 e. The summed E-state index contributed by atoms with van der Waals surface area (Å²) >= 11 is 3.60. The normalized spacial score (nSPS) is 16.3. The second-order valence-corrected chi connectivity index (χ2v) is 7.49. The van der Waals surface area contributed by atoms with E-state index in [9.17, 15) is 0 Å². The number of hydrogen-bond donors (Lipinski definition) is 1. The molecule has 2 nitrogen and oxygen atoms in total. The molecule has 106 valence electrons. The fourth-order valence-corrected chi connectivity index (χ4v) is 2.69. The van der Waals surface area contributed by atoms with Crippen LogP contribution in [-0.4, -0.2) is 18.6 Å². The van der Waals surface area contributed by atoms with E-state index in [0.29, 0.717) is 0 Å². The van der Waals surface area contributed by atoms with Gasteiger partial charge in [0.15, 0.2) is 0 Å². The van der Waals surface area contributed by atoms with Gasteiger partial charge >= 0.3 is 0 Å². The van der Waals surface area contributed by atoms with Crippen LogP contribution in [0.3, 0.4) is 0 Å². The molecule has 0 aliphatic heterocycles. The third-order valence-electron chi connectivity index (χ3n) is 3.86. The van der Waals surface area contributed by atoms with Crippen molar-refractivity contribution in [3.05, 3.63) is 28.2 Å². The highest BCUT2D eigenvalue weighted by atomic mass is 79.9. The van der Waals surface area contributed by atoms with E-state index in [1.807, 2.05) is 0 Å². The Hall–Kier alpha value is -0.540. The lowest BCUT2D eigenvalue weighted by molar-refractivity contribution is 0.398. The van der Waals surface area contributed by atoms with E-state index in [1.54, 1.807) is 0 Å². The number of benzene rings is 1. The Morgan fingerprint density at radius 1 is 1.32 bits per heavy atom. The van der Waals surface area contributed by atoms with E-state index in [0.717, 1.165) is 17.1 Å². The number of hydrogen-bond acceptors (Lipinski definition) is 2. The number of nitrogens with zero attached hydrogens (tertiary/aromatic N) is 1. The third-order valence-corrected chi connectivity index (χ3v) is 4.35. The third kappa shape index (κ3) is 3.96. The molecular weight excluding hydrogens is 300 g/mol. The molecule has 0 amide bonds. The van der Waals surface area contributed by atoms with Crippen molar-refractivity contribution in [3.8, 4) is 0 Å². The van der Waals surface area contributed by atoms with Crippen molar-refractivity contribution in [2.45, 2.75) is 58.2 Å². The molecule has 0 heterocycles. The van der Waals surface area contributed by atoms with Crippen LogP contribution in [0.2, 0.25) is 0 Å². The zero-order valence-corrected chi connectivity index (χ0v) is 14.0. The lowest BCUT2D eigenvalue weighted by atomic mass is 9.91. The second kappa shape index (κ2) is 5.84. The monoisotopic (exact) mass is 324 g/mol. The van der Waals surface area contributed by atoms with Gasteiger partial charge in [0.1, 0.15) is 0 Å². The Bertz CT molecular complexity index is 433. The maximum absolute atomic E-state index is 3.60. The van der Waals surface area contributed by atoms with E-state index in [-0.39, 0.29) is 5.54 Å². The molecular formula is C16H25BrN2. The summed E-state index contributed by atoms with van der Waals surface area (Å²) < 4.78 is 1.16. The largest absolute Gasteiger partial charge is 0.371 e. The molecule has 1 fully saturated rings. The van der Waals surface area contributed by atoms with Gasteiger partial charge in [-0.3, -0.25) is 0 Å². The van der Waals surface area contributed by atoms with Crippen molar-refractivity contribution < 1.29 is 0 Å².